The summed E-state index contributed by atoms with van der Waals surface area (Å²) >= 11 is 0. The SMILES string of the molecule is CC1CCCN(c2ccccc2NS(=O)(=O)c2ccc(S(=O)(=O)N(C)C)cc2)CC1. The van der Waals surface area contributed by atoms with Crippen molar-refractivity contribution >= 4 is 31.4 Å². The van der Waals surface area contributed by atoms with Gasteiger partial charge in [-0.25, -0.2) is 21.1 Å². The third kappa shape index (κ3) is 4.96. The monoisotopic (exact) mass is 451 g/mol. The molecule has 1 unspecified atom stereocenters. The van der Waals surface area contributed by atoms with Crippen LogP contribution in [-0.4, -0.2) is 48.3 Å². The minimum atomic E-state index is -3.86. The molecule has 1 saturated heterocycles. The van der Waals surface area contributed by atoms with Crippen molar-refractivity contribution in [3.05, 3.63) is 48.5 Å². The Morgan fingerprint density at radius 1 is 0.900 bits per heavy atom. The summed E-state index contributed by atoms with van der Waals surface area (Å²) in [5.41, 5.74) is 1.39. The Hall–Kier alpha value is -2.10. The lowest BCUT2D eigenvalue weighted by Gasteiger charge is -2.25. The Bertz CT molecular complexity index is 1080. The maximum Gasteiger partial charge on any atom is 0.261 e. The molecular formula is C21H29N3O4S2. The number of anilines is 2. The summed E-state index contributed by atoms with van der Waals surface area (Å²) in [5, 5.41) is 0. The third-order valence-electron chi connectivity index (χ3n) is 5.42. The second kappa shape index (κ2) is 8.95. The third-order valence-corrected chi connectivity index (χ3v) is 8.63. The molecule has 2 aromatic rings. The number of rotatable bonds is 6. The number of hydrogen-bond donors (Lipinski definition) is 1. The molecule has 0 bridgehead atoms. The maximum atomic E-state index is 13.0. The Balaban J connectivity index is 1.86. The van der Waals surface area contributed by atoms with Crippen molar-refractivity contribution in [1.29, 1.82) is 0 Å². The zero-order chi connectivity index (χ0) is 21.9. The zero-order valence-electron chi connectivity index (χ0n) is 17.6. The van der Waals surface area contributed by atoms with Gasteiger partial charge in [0.15, 0.2) is 0 Å². The smallest absolute Gasteiger partial charge is 0.261 e. The van der Waals surface area contributed by atoms with E-state index in [1.54, 1.807) is 12.1 Å². The van der Waals surface area contributed by atoms with Crippen molar-refractivity contribution < 1.29 is 16.8 Å². The fourth-order valence-electron chi connectivity index (χ4n) is 3.54. The normalized spacial score (nSPS) is 18.3. The molecule has 3 rings (SSSR count). The predicted molar refractivity (Wildman–Crippen MR) is 120 cm³/mol. The van der Waals surface area contributed by atoms with Gasteiger partial charge in [-0.3, -0.25) is 4.72 Å². The number of para-hydroxylation sites is 2. The lowest BCUT2D eigenvalue weighted by atomic mass is 10.0. The fraction of sp³-hybridized carbons (Fsp3) is 0.429. The van der Waals surface area contributed by atoms with Crippen molar-refractivity contribution in [2.45, 2.75) is 36.0 Å². The van der Waals surface area contributed by atoms with Crippen LogP contribution in [0.15, 0.2) is 58.3 Å². The van der Waals surface area contributed by atoms with Crippen molar-refractivity contribution in [2.24, 2.45) is 5.92 Å². The van der Waals surface area contributed by atoms with Crippen molar-refractivity contribution in [3.63, 3.8) is 0 Å². The molecule has 1 fully saturated rings. The van der Waals surface area contributed by atoms with E-state index in [9.17, 15) is 16.8 Å². The van der Waals surface area contributed by atoms with Crippen LogP contribution in [-0.2, 0) is 20.0 Å². The van der Waals surface area contributed by atoms with Crippen molar-refractivity contribution in [2.75, 3.05) is 36.8 Å². The molecule has 0 aliphatic carbocycles. The van der Waals surface area contributed by atoms with E-state index in [0.29, 0.717) is 11.6 Å². The summed E-state index contributed by atoms with van der Waals surface area (Å²) in [7, 11) is -4.61. The summed E-state index contributed by atoms with van der Waals surface area (Å²) in [6, 6.07) is 12.6. The molecule has 164 valence electrons. The average Bonchev–Trinajstić information content (AvgIpc) is 2.92. The highest BCUT2D eigenvalue weighted by Crippen LogP contribution is 2.31. The van der Waals surface area contributed by atoms with Gasteiger partial charge in [-0.1, -0.05) is 19.1 Å². The average molecular weight is 452 g/mol. The van der Waals surface area contributed by atoms with E-state index in [1.807, 2.05) is 12.1 Å². The van der Waals surface area contributed by atoms with Gasteiger partial charge in [0, 0.05) is 27.2 Å². The lowest BCUT2D eigenvalue weighted by molar-refractivity contribution is 0.520. The summed E-state index contributed by atoms with van der Waals surface area (Å²) in [6.45, 7) is 4.02. The van der Waals surface area contributed by atoms with Gasteiger partial charge in [-0.15, -0.1) is 0 Å². The van der Waals surface area contributed by atoms with Crippen molar-refractivity contribution in [1.82, 2.24) is 4.31 Å². The Kier molecular flexibility index (Phi) is 6.74. The van der Waals surface area contributed by atoms with Crippen LogP contribution in [0.1, 0.15) is 26.2 Å². The fourth-order valence-corrected chi connectivity index (χ4v) is 5.52. The number of benzene rings is 2. The van der Waals surface area contributed by atoms with Gasteiger partial charge in [0.2, 0.25) is 10.0 Å². The second-order valence-electron chi connectivity index (χ2n) is 7.90. The molecule has 0 saturated carbocycles. The second-order valence-corrected chi connectivity index (χ2v) is 11.7. The summed E-state index contributed by atoms with van der Waals surface area (Å²) in [6.07, 6.45) is 3.32. The van der Waals surface area contributed by atoms with Gasteiger partial charge in [-0.05, 0) is 61.6 Å². The molecule has 0 aromatic heterocycles. The van der Waals surface area contributed by atoms with Gasteiger partial charge >= 0.3 is 0 Å². The van der Waals surface area contributed by atoms with Crippen LogP contribution in [0.4, 0.5) is 11.4 Å². The van der Waals surface area contributed by atoms with Gasteiger partial charge < -0.3 is 4.90 Å². The van der Waals surface area contributed by atoms with E-state index < -0.39 is 20.0 Å². The lowest BCUT2D eigenvalue weighted by Crippen LogP contribution is -2.26. The Morgan fingerprint density at radius 2 is 1.53 bits per heavy atom. The molecule has 1 N–H and O–H groups in total. The van der Waals surface area contributed by atoms with Crippen LogP contribution in [0.2, 0.25) is 0 Å². The molecule has 7 nitrogen and oxygen atoms in total. The topological polar surface area (TPSA) is 86.8 Å². The van der Waals surface area contributed by atoms with Crippen LogP contribution < -0.4 is 9.62 Å². The van der Waals surface area contributed by atoms with E-state index in [1.165, 1.54) is 44.8 Å². The largest absolute Gasteiger partial charge is 0.370 e. The van der Waals surface area contributed by atoms with Crippen LogP contribution in [0, 0.1) is 5.92 Å². The highest BCUT2D eigenvalue weighted by Gasteiger charge is 2.22. The van der Waals surface area contributed by atoms with Crippen molar-refractivity contribution in [3.8, 4) is 0 Å². The first-order valence-corrected chi connectivity index (χ1v) is 12.9. The Labute approximate surface area is 179 Å². The first-order valence-electron chi connectivity index (χ1n) is 10.0. The van der Waals surface area contributed by atoms with E-state index in [4.69, 9.17) is 0 Å². The highest BCUT2D eigenvalue weighted by atomic mass is 32.2. The van der Waals surface area contributed by atoms with Crippen LogP contribution >= 0.6 is 0 Å². The summed E-state index contributed by atoms with van der Waals surface area (Å²) < 4.78 is 54.1. The first kappa shape index (κ1) is 22.6. The molecule has 1 heterocycles. The number of hydrogen-bond acceptors (Lipinski definition) is 5. The van der Waals surface area contributed by atoms with Gasteiger partial charge in [0.05, 0.1) is 21.2 Å². The van der Waals surface area contributed by atoms with Crippen LogP contribution in [0.3, 0.4) is 0 Å². The summed E-state index contributed by atoms with van der Waals surface area (Å²) in [5.74, 6) is 0.663. The molecule has 9 heteroatoms. The minimum Gasteiger partial charge on any atom is -0.370 e. The van der Waals surface area contributed by atoms with Gasteiger partial charge in [0.1, 0.15) is 0 Å². The van der Waals surface area contributed by atoms with Gasteiger partial charge in [-0.2, -0.15) is 0 Å². The molecule has 0 radical (unpaired) electrons. The first-order chi connectivity index (χ1) is 14.1. The number of nitrogens with zero attached hydrogens (tertiary/aromatic N) is 2. The quantitative estimate of drug-likeness (QED) is 0.728. The standard InChI is InChI=1S/C21H29N3O4S2/c1-17-7-6-15-24(16-14-17)21-9-5-4-8-20(21)22-29(25,26)18-10-12-19(13-11-18)30(27,28)23(2)3/h4-5,8-13,17,22H,6-7,14-16H2,1-3H3. The molecule has 1 atom stereocenters. The molecule has 0 spiro atoms. The molecule has 0 amide bonds. The van der Waals surface area contributed by atoms with Crippen LogP contribution in [0.5, 0.6) is 0 Å². The molecule has 30 heavy (non-hydrogen) atoms. The molecule has 2 aromatic carbocycles. The zero-order valence-corrected chi connectivity index (χ0v) is 19.2. The van der Waals surface area contributed by atoms with Crippen LogP contribution in [0.25, 0.3) is 0 Å². The molecular weight excluding hydrogens is 422 g/mol. The molecule has 1 aliphatic rings. The van der Waals surface area contributed by atoms with E-state index in [0.717, 1.165) is 35.9 Å². The number of nitrogens with one attached hydrogen (secondary N) is 1. The van der Waals surface area contributed by atoms with E-state index in [2.05, 4.69) is 16.5 Å². The minimum absolute atomic E-state index is 0.0134. The maximum absolute atomic E-state index is 13.0. The Morgan fingerprint density at radius 3 is 2.20 bits per heavy atom. The van der Waals surface area contributed by atoms with Gasteiger partial charge in [0.25, 0.3) is 10.0 Å². The highest BCUT2D eigenvalue weighted by molar-refractivity contribution is 7.92. The molecule has 1 aliphatic heterocycles. The summed E-state index contributed by atoms with van der Waals surface area (Å²) in [4.78, 5) is 2.29. The van der Waals surface area contributed by atoms with E-state index >= 15 is 0 Å². The number of sulfonamides is 2. The predicted octanol–water partition coefficient (Wildman–Crippen LogP) is 3.36. The van der Waals surface area contributed by atoms with E-state index in [-0.39, 0.29) is 9.79 Å².